The van der Waals surface area contributed by atoms with Crippen molar-refractivity contribution in [3.05, 3.63) is 38.3 Å². The Hall–Kier alpha value is -3.71. The standard InChI is InChI=1S/C18H16N10O6S4/c19-27-21-1-2-34-26-10(9-5-36-17(23-9)20-6-29)13(30)24-11-14(31)28-12(16(32)33)8(3-35-15(11)28)4-37-18-25-22-7-38-18/h5-7,11,15H,1-4H2,(H,24,30)(H,32,33)(H,20,23,29)/t11?,15-/m0/s1. The van der Waals surface area contributed by atoms with E-state index in [0.717, 1.165) is 11.3 Å². The average Bonchev–Trinajstić information content (AvgIpc) is 3.60. The summed E-state index contributed by atoms with van der Waals surface area (Å²) in [6, 6.07) is -1.01. The molecule has 2 aliphatic heterocycles. The highest BCUT2D eigenvalue weighted by molar-refractivity contribution is 8.01. The predicted molar refractivity (Wildman–Crippen MR) is 139 cm³/mol. The number of anilines is 1. The minimum Gasteiger partial charge on any atom is -0.477 e. The number of aromatic nitrogens is 3. The van der Waals surface area contributed by atoms with Gasteiger partial charge in [-0.2, -0.15) is 0 Å². The molecule has 0 bridgehead atoms. The lowest BCUT2D eigenvalue weighted by molar-refractivity contribution is -0.150. The summed E-state index contributed by atoms with van der Waals surface area (Å²) >= 11 is 5.01. The first-order valence-electron chi connectivity index (χ1n) is 10.4. The summed E-state index contributed by atoms with van der Waals surface area (Å²) in [5.74, 6) is -1.97. The van der Waals surface area contributed by atoms with Gasteiger partial charge in [-0.1, -0.05) is 33.4 Å². The maximum Gasteiger partial charge on any atom is 0.352 e. The number of nitrogens with one attached hydrogen (secondary N) is 2. The maximum absolute atomic E-state index is 13.1. The largest absolute Gasteiger partial charge is 0.477 e. The van der Waals surface area contributed by atoms with E-state index in [0.29, 0.717) is 27.8 Å². The molecule has 16 nitrogen and oxygen atoms in total. The van der Waals surface area contributed by atoms with Gasteiger partial charge in [0.15, 0.2) is 15.2 Å². The molecule has 2 atom stereocenters. The fraction of sp³-hybridized carbons (Fsp3) is 0.333. The van der Waals surface area contributed by atoms with E-state index < -0.39 is 29.2 Å². The minimum absolute atomic E-state index is 0.0390. The van der Waals surface area contributed by atoms with E-state index in [1.807, 2.05) is 0 Å². The topological polar surface area (TPSA) is 225 Å². The molecular weight excluding hydrogens is 581 g/mol. The molecule has 3 amide bonds. The quantitative estimate of drug-likeness (QED) is 0.0342. The van der Waals surface area contributed by atoms with Gasteiger partial charge in [0, 0.05) is 21.8 Å². The van der Waals surface area contributed by atoms with E-state index in [1.165, 1.54) is 45.1 Å². The Morgan fingerprint density at radius 1 is 1.42 bits per heavy atom. The summed E-state index contributed by atoms with van der Waals surface area (Å²) in [5.41, 5.74) is 10.2. The SMILES string of the molecule is [N-]=[N+]=NCCON=C(C(=O)NC1C(=O)N2C(C(=O)O)=C(CSc3nncs3)CS[C@@H]12)c1csc(NC=O)n1. The van der Waals surface area contributed by atoms with Crippen molar-refractivity contribution in [1.82, 2.24) is 25.4 Å². The Balaban J connectivity index is 1.48. The molecule has 0 radical (unpaired) electrons. The molecule has 0 aliphatic carbocycles. The molecule has 1 saturated heterocycles. The number of carbonyl (C=O) groups excluding carboxylic acids is 3. The molecule has 4 heterocycles. The van der Waals surface area contributed by atoms with E-state index in [1.54, 1.807) is 5.51 Å². The number of oxime groups is 1. The van der Waals surface area contributed by atoms with Gasteiger partial charge in [-0.05, 0) is 11.1 Å². The molecule has 20 heteroatoms. The van der Waals surface area contributed by atoms with Crippen molar-refractivity contribution in [3.8, 4) is 0 Å². The zero-order valence-corrected chi connectivity index (χ0v) is 22.2. The molecule has 2 aromatic rings. The number of hydrogen-bond acceptors (Lipinski definition) is 14. The normalized spacial score (nSPS) is 18.7. The average molecular weight is 597 g/mol. The van der Waals surface area contributed by atoms with Crippen LogP contribution in [0.25, 0.3) is 10.4 Å². The number of carboxylic acid groups (broad SMARTS) is 1. The summed E-state index contributed by atoms with van der Waals surface area (Å²) in [6.45, 7) is -0.160. The van der Waals surface area contributed by atoms with Crippen LogP contribution in [0.15, 0.2) is 36.8 Å². The highest BCUT2D eigenvalue weighted by Gasteiger charge is 2.54. The molecular formula is C18H16N10O6S4. The third kappa shape index (κ3) is 6.05. The first-order valence-corrected chi connectivity index (χ1v) is 14.2. The van der Waals surface area contributed by atoms with Gasteiger partial charge in [-0.15, -0.1) is 33.3 Å². The summed E-state index contributed by atoms with van der Waals surface area (Å²) in [4.78, 5) is 61.8. The predicted octanol–water partition coefficient (Wildman–Crippen LogP) is 1.12. The first-order chi connectivity index (χ1) is 18.4. The van der Waals surface area contributed by atoms with Crippen LogP contribution >= 0.6 is 46.2 Å². The number of azide groups is 1. The van der Waals surface area contributed by atoms with E-state index in [2.05, 4.69) is 41.0 Å². The number of β-lactam (4-membered cyclic amide) rings is 1. The maximum atomic E-state index is 13.1. The third-order valence-corrected chi connectivity index (χ3v) is 8.95. The van der Waals surface area contributed by atoms with Crippen molar-refractivity contribution < 1.29 is 29.1 Å². The molecule has 198 valence electrons. The van der Waals surface area contributed by atoms with Crippen molar-refractivity contribution in [2.24, 2.45) is 10.3 Å². The van der Waals surface area contributed by atoms with Crippen molar-refractivity contribution in [3.63, 3.8) is 0 Å². The Kier molecular flexibility index (Phi) is 9.13. The molecule has 2 aromatic heterocycles. The van der Waals surface area contributed by atoms with Crippen LogP contribution in [0.1, 0.15) is 5.69 Å². The van der Waals surface area contributed by atoms with Gasteiger partial charge >= 0.3 is 5.97 Å². The van der Waals surface area contributed by atoms with Crippen LogP contribution in [0, 0.1) is 0 Å². The van der Waals surface area contributed by atoms with Gasteiger partial charge in [0.25, 0.3) is 11.8 Å². The van der Waals surface area contributed by atoms with Crippen LogP contribution < -0.4 is 10.6 Å². The lowest BCUT2D eigenvalue weighted by Crippen LogP contribution is -2.71. The zero-order valence-electron chi connectivity index (χ0n) is 18.9. The van der Waals surface area contributed by atoms with Gasteiger partial charge in [0.1, 0.15) is 34.9 Å². The van der Waals surface area contributed by atoms with Crippen LogP contribution in [0.4, 0.5) is 5.13 Å². The van der Waals surface area contributed by atoms with Crippen LogP contribution in [-0.2, 0) is 24.0 Å². The second-order valence-electron chi connectivity index (χ2n) is 7.14. The Bertz CT molecular complexity index is 1340. The number of fused-ring (bicyclic) bond motifs is 1. The van der Waals surface area contributed by atoms with Crippen LogP contribution in [0.2, 0.25) is 0 Å². The van der Waals surface area contributed by atoms with E-state index >= 15 is 0 Å². The van der Waals surface area contributed by atoms with Gasteiger partial charge in [0.2, 0.25) is 6.41 Å². The summed E-state index contributed by atoms with van der Waals surface area (Å²) < 4.78 is 0.677. The Morgan fingerprint density at radius 3 is 2.97 bits per heavy atom. The van der Waals surface area contributed by atoms with Crippen molar-refractivity contribution in [2.45, 2.75) is 15.8 Å². The van der Waals surface area contributed by atoms with Crippen LogP contribution in [0.3, 0.4) is 0 Å². The monoisotopic (exact) mass is 596 g/mol. The van der Waals surface area contributed by atoms with E-state index in [4.69, 9.17) is 10.4 Å². The number of thioether (sulfide) groups is 2. The zero-order chi connectivity index (χ0) is 27.1. The number of carboxylic acids is 1. The number of thiazole rings is 1. The Morgan fingerprint density at radius 2 is 2.26 bits per heavy atom. The number of aliphatic carboxylic acids is 1. The van der Waals surface area contributed by atoms with Crippen LogP contribution in [0.5, 0.6) is 0 Å². The number of rotatable bonds is 13. The number of carbonyl (C=O) groups is 4. The summed E-state index contributed by atoms with van der Waals surface area (Å²) in [7, 11) is 0. The van der Waals surface area contributed by atoms with E-state index in [9.17, 15) is 24.3 Å². The Labute approximate surface area is 229 Å². The second kappa shape index (κ2) is 12.7. The number of amides is 3. The van der Waals surface area contributed by atoms with E-state index in [-0.39, 0.29) is 35.4 Å². The van der Waals surface area contributed by atoms with Crippen molar-refractivity contribution in [2.75, 3.05) is 30.0 Å². The van der Waals surface area contributed by atoms with Crippen LogP contribution in [-0.4, -0.2) is 91.2 Å². The molecule has 0 saturated carbocycles. The molecule has 1 unspecified atom stereocenters. The van der Waals surface area contributed by atoms with Crippen molar-refractivity contribution in [1.29, 1.82) is 0 Å². The first kappa shape index (κ1) is 27.3. The van der Waals surface area contributed by atoms with Gasteiger partial charge in [0.05, 0.1) is 6.54 Å². The number of hydrogen-bond donors (Lipinski definition) is 3. The summed E-state index contributed by atoms with van der Waals surface area (Å²) in [5, 5.41) is 30.6. The lowest BCUT2D eigenvalue weighted by atomic mass is 10.0. The summed E-state index contributed by atoms with van der Waals surface area (Å²) in [6.07, 6.45) is 0.423. The minimum atomic E-state index is -1.24. The van der Waals surface area contributed by atoms with Gasteiger partial charge in [-0.25, -0.2) is 9.78 Å². The molecule has 0 spiro atoms. The lowest BCUT2D eigenvalue weighted by Gasteiger charge is -2.49. The molecule has 0 aromatic carbocycles. The highest BCUT2D eigenvalue weighted by Crippen LogP contribution is 2.41. The molecule has 38 heavy (non-hydrogen) atoms. The highest BCUT2D eigenvalue weighted by atomic mass is 32.2. The van der Waals surface area contributed by atoms with Gasteiger partial charge in [-0.3, -0.25) is 19.3 Å². The molecule has 2 aliphatic rings. The molecule has 4 rings (SSSR count). The molecule has 3 N–H and O–H groups in total. The number of nitrogens with zero attached hydrogens (tertiary/aromatic N) is 8. The fourth-order valence-corrected chi connectivity index (χ4v) is 6.95. The fourth-order valence-electron chi connectivity index (χ4n) is 3.32. The second-order valence-corrected chi connectivity index (χ2v) is 11.2. The van der Waals surface area contributed by atoms with Crippen molar-refractivity contribution >= 4 is 81.2 Å². The molecule has 1 fully saturated rings. The third-order valence-electron chi connectivity index (χ3n) is 4.89. The van der Waals surface area contributed by atoms with Gasteiger partial charge < -0.3 is 20.6 Å². The smallest absolute Gasteiger partial charge is 0.352 e.